The molecule has 1 aliphatic carbocycles. The molecule has 2 aliphatic rings. The summed E-state index contributed by atoms with van der Waals surface area (Å²) in [4.78, 5) is 23.6. The lowest BCUT2D eigenvalue weighted by atomic mass is 9.81. The molecule has 37 heavy (non-hydrogen) atoms. The van der Waals surface area contributed by atoms with Gasteiger partial charge in [0, 0.05) is 30.1 Å². The molecule has 10 heteroatoms. The van der Waals surface area contributed by atoms with Crippen LogP contribution < -0.4 is 5.32 Å². The number of rotatable bonds is 9. The van der Waals surface area contributed by atoms with Crippen molar-refractivity contribution in [3.05, 3.63) is 54.1 Å². The zero-order valence-corrected chi connectivity index (χ0v) is 20.7. The smallest absolute Gasteiger partial charge is 0.339 e. The number of pyridine rings is 2. The molecule has 1 saturated heterocycles. The summed E-state index contributed by atoms with van der Waals surface area (Å²) in [5.74, 6) is 0.114. The number of anilines is 2. The quantitative estimate of drug-likeness (QED) is 0.344. The SMILES string of the molecule is O=C(O)c1cc2ncc(-c3cnn(CCCN4CCCC4)c3)cc2nc1Nc1cc(C2CCC2)cnn1. The van der Waals surface area contributed by atoms with E-state index in [-0.39, 0.29) is 11.4 Å². The molecular weight excluding hydrogens is 468 g/mol. The molecule has 0 aromatic carbocycles. The summed E-state index contributed by atoms with van der Waals surface area (Å²) in [6.07, 6.45) is 14.6. The first-order chi connectivity index (χ1) is 18.1. The minimum Gasteiger partial charge on any atom is -0.478 e. The fourth-order valence-electron chi connectivity index (χ4n) is 5.09. The molecule has 10 nitrogen and oxygen atoms in total. The standard InChI is InChI=1S/C27H30N8O2/c36-27(37)22-13-23-24(31-26(22)32-25-12-20(15-29-33-25)18-5-3-6-18)11-19(14-28-23)21-16-30-35(17-21)10-4-9-34-7-1-2-8-34/h11-18H,1-10H2,(H,36,37)(H,31,32,33). The number of likely N-dealkylation sites (tertiary alicyclic amines) is 1. The Bertz CT molecular complexity index is 1430. The van der Waals surface area contributed by atoms with E-state index in [0.717, 1.165) is 49.0 Å². The lowest BCUT2D eigenvalue weighted by Crippen LogP contribution is -2.21. The van der Waals surface area contributed by atoms with Crippen LogP contribution in [0, 0.1) is 0 Å². The number of carboxylic acid groups (broad SMARTS) is 1. The molecule has 4 aromatic rings. The number of aromatic nitrogens is 6. The van der Waals surface area contributed by atoms with Gasteiger partial charge >= 0.3 is 5.97 Å². The van der Waals surface area contributed by atoms with Crippen LogP contribution in [-0.2, 0) is 6.54 Å². The molecule has 5 heterocycles. The number of aryl methyl sites for hydroxylation is 1. The van der Waals surface area contributed by atoms with Crippen LogP contribution >= 0.6 is 0 Å². The second-order valence-electron chi connectivity index (χ2n) is 9.97. The summed E-state index contributed by atoms with van der Waals surface area (Å²) in [6, 6.07) is 5.39. The van der Waals surface area contributed by atoms with Crippen molar-refractivity contribution in [3.63, 3.8) is 0 Å². The number of aromatic carboxylic acids is 1. The molecule has 2 fully saturated rings. The van der Waals surface area contributed by atoms with E-state index in [4.69, 9.17) is 0 Å². The van der Waals surface area contributed by atoms with Crippen LogP contribution in [0.25, 0.3) is 22.2 Å². The van der Waals surface area contributed by atoms with Gasteiger partial charge in [0.1, 0.15) is 11.4 Å². The number of carboxylic acids is 1. The number of hydrogen-bond acceptors (Lipinski definition) is 8. The third-order valence-electron chi connectivity index (χ3n) is 7.42. The molecule has 0 spiro atoms. The first-order valence-electron chi connectivity index (χ1n) is 13.0. The Morgan fingerprint density at radius 2 is 1.86 bits per heavy atom. The van der Waals surface area contributed by atoms with Gasteiger partial charge in [-0.3, -0.25) is 9.67 Å². The van der Waals surface area contributed by atoms with Crippen LogP contribution in [0.15, 0.2) is 43.0 Å². The van der Waals surface area contributed by atoms with Crippen molar-refractivity contribution in [2.45, 2.75) is 51.0 Å². The Morgan fingerprint density at radius 3 is 2.65 bits per heavy atom. The number of nitrogens with zero attached hydrogens (tertiary/aromatic N) is 7. The second-order valence-corrected chi connectivity index (χ2v) is 9.97. The Labute approximate surface area is 214 Å². The topological polar surface area (TPSA) is 122 Å². The molecular formula is C27H30N8O2. The highest BCUT2D eigenvalue weighted by Crippen LogP contribution is 2.36. The van der Waals surface area contributed by atoms with Crippen molar-refractivity contribution in [2.24, 2.45) is 0 Å². The summed E-state index contributed by atoms with van der Waals surface area (Å²) < 4.78 is 1.97. The van der Waals surface area contributed by atoms with E-state index in [0.29, 0.717) is 22.8 Å². The third-order valence-corrected chi connectivity index (χ3v) is 7.42. The highest BCUT2D eigenvalue weighted by molar-refractivity contribution is 5.98. The molecule has 1 saturated carbocycles. The number of carbonyl (C=O) groups is 1. The summed E-state index contributed by atoms with van der Waals surface area (Å²) in [5, 5.41) is 25.7. The van der Waals surface area contributed by atoms with Crippen LogP contribution in [0.1, 0.15) is 60.4 Å². The van der Waals surface area contributed by atoms with Gasteiger partial charge in [-0.05, 0) is 81.4 Å². The van der Waals surface area contributed by atoms with E-state index in [1.54, 1.807) is 18.5 Å². The average molecular weight is 499 g/mol. The van der Waals surface area contributed by atoms with E-state index >= 15 is 0 Å². The lowest BCUT2D eigenvalue weighted by Gasteiger charge is -2.25. The van der Waals surface area contributed by atoms with Crippen molar-refractivity contribution in [2.75, 3.05) is 25.0 Å². The predicted octanol–water partition coefficient (Wildman–Crippen LogP) is 4.48. The minimum atomic E-state index is -1.08. The monoisotopic (exact) mass is 498 g/mol. The summed E-state index contributed by atoms with van der Waals surface area (Å²) in [7, 11) is 0. The Morgan fingerprint density at radius 1 is 1.00 bits per heavy atom. The molecule has 0 atom stereocenters. The third kappa shape index (κ3) is 5.15. The van der Waals surface area contributed by atoms with E-state index in [1.807, 2.05) is 29.2 Å². The van der Waals surface area contributed by atoms with Crippen molar-refractivity contribution >= 4 is 28.6 Å². The minimum absolute atomic E-state index is 0.0365. The molecule has 0 bridgehead atoms. The van der Waals surface area contributed by atoms with E-state index < -0.39 is 5.97 Å². The predicted molar refractivity (Wildman–Crippen MR) is 140 cm³/mol. The maximum absolute atomic E-state index is 12.0. The summed E-state index contributed by atoms with van der Waals surface area (Å²) in [6.45, 7) is 4.39. The summed E-state index contributed by atoms with van der Waals surface area (Å²) in [5.41, 5.74) is 4.09. The highest BCUT2D eigenvalue weighted by Gasteiger charge is 2.21. The zero-order valence-electron chi connectivity index (χ0n) is 20.7. The molecule has 190 valence electrons. The first kappa shape index (κ1) is 23.5. The van der Waals surface area contributed by atoms with E-state index in [2.05, 4.69) is 35.5 Å². The van der Waals surface area contributed by atoms with Gasteiger partial charge in [0.15, 0.2) is 5.82 Å². The average Bonchev–Trinajstić information content (AvgIpc) is 3.55. The van der Waals surface area contributed by atoms with Gasteiger partial charge in [-0.15, -0.1) is 5.10 Å². The van der Waals surface area contributed by atoms with Crippen LogP contribution in [0.4, 0.5) is 11.6 Å². The Kier molecular flexibility index (Phi) is 6.48. The number of nitrogens with one attached hydrogen (secondary N) is 1. The van der Waals surface area contributed by atoms with Gasteiger partial charge in [0.05, 0.1) is 23.4 Å². The zero-order chi connectivity index (χ0) is 25.2. The van der Waals surface area contributed by atoms with Crippen molar-refractivity contribution in [1.29, 1.82) is 0 Å². The summed E-state index contributed by atoms with van der Waals surface area (Å²) >= 11 is 0. The largest absolute Gasteiger partial charge is 0.478 e. The van der Waals surface area contributed by atoms with E-state index in [1.165, 1.54) is 32.4 Å². The lowest BCUT2D eigenvalue weighted by molar-refractivity contribution is 0.0698. The van der Waals surface area contributed by atoms with Gasteiger partial charge in [-0.25, -0.2) is 9.78 Å². The fourth-order valence-corrected chi connectivity index (χ4v) is 5.09. The van der Waals surface area contributed by atoms with Crippen molar-refractivity contribution in [1.82, 2.24) is 34.8 Å². The fraction of sp³-hybridized carbons (Fsp3) is 0.407. The normalized spacial score (nSPS) is 16.2. The van der Waals surface area contributed by atoms with Gasteiger partial charge in [0.25, 0.3) is 0 Å². The molecule has 0 radical (unpaired) electrons. The van der Waals surface area contributed by atoms with Crippen LogP contribution in [0.3, 0.4) is 0 Å². The molecule has 0 unspecified atom stereocenters. The molecule has 2 N–H and O–H groups in total. The Hall–Kier alpha value is -3.92. The van der Waals surface area contributed by atoms with Crippen LogP contribution in [0.2, 0.25) is 0 Å². The molecule has 1 aliphatic heterocycles. The molecule has 6 rings (SSSR count). The van der Waals surface area contributed by atoms with Gasteiger partial charge in [-0.2, -0.15) is 10.2 Å². The van der Waals surface area contributed by atoms with Crippen molar-refractivity contribution < 1.29 is 9.90 Å². The van der Waals surface area contributed by atoms with Crippen LogP contribution in [-0.4, -0.2) is 65.6 Å². The van der Waals surface area contributed by atoms with E-state index in [9.17, 15) is 9.90 Å². The molecule has 0 amide bonds. The number of hydrogen-bond donors (Lipinski definition) is 2. The maximum Gasteiger partial charge on any atom is 0.339 e. The molecule has 4 aromatic heterocycles. The van der Waals surface area contributed by atoms with Crippen molar-refractivity contribution in [3.8, 4) is 11.1 Å². The van der Waals surface area contributed by atoms with Crippen LogP contribution in [0.5, 0.6) is 0 Å². The second kappa shape index (κ2) is 10.2. The first-order valence-corrected chi connectivity index (χ1v) is 13.0. The van der Waals surface area contributed by atoms with Gasteiger partial charge in [0.2, 0.25) is 0 Å². The van der Waals surface area contributed by atoms with Gasteiger partial charge < -0.3 is 15.3 Å². The van der Waals surface area contributed by atoms with Gasteiger partial charge in [-0.1, -0.05) is 6.42 Å². The highest BCUT2D eigenvalue weighted by atomic mass is 16.4. The maximum atomic E-state index is 12.0. The Balaban J connectivity index is 1.23. The number of fused-ring (bicyclic) bond motifs is 1.